The van der Waals surface area contributed by atoms with E-state index in [2.05, 4.69) is 32.7 Å². The first-order valence-corrected chi connectivity index (χ1v) is 11.5. The van der Waals surface area contributed by atoms with Crippen LogP contribution >= 0.6 is 0 Å². The molecule has 1 aromatic carbocycles. The number of nitrogens with zero attached hydrogens (tertiary/aromatic N) is 5. The number of guanidine groups is 1. The molecule has 0 radical (unpaired) electrons. The molecule has 4 rings (SSSR count). The summed E-state index contributed by atoms with van der Waals surface area (Å²) in [6.45, 7) is 6.58. The van der Waals surface area contributed by atoms with Crippen molar-refractivity contribution in [3.05, 3.63) is 65.9 Å². The van der Waals surface area contributed by atoms with Crippen LogP contribution in [0.15, 0.2) is 53.7 Å². The van der Waals surface area contributed by atoms with E-state index in [-0.39, 0.29) is 5.82 Å². The third kappa shape index (κ3) is 6.03. The van der Waals surface area contributed by atoms with Crippen molar-refractivity contribution >= 4 is 11.6 Å². The smallest absolute Gasteiger partial charge is 0.191 e. The van der Waals surface area contributed by atoms with Crippen molar-refractivity contribution < 1.29 is 4.39 Å². The number of aliphatic imine (C=N–C) groups is 1. The van der Waals surface area contributed by atoms with Gasteiger partial charge in [-0.15, -0.1) is 10.2 Å². The minimum absolute atomic E-state index is 0.179. The van der Waals surface area contributed by atoms with Crippen molar-refractivity contribution in [1.29, 1.82) is 0 Å². The van der Waals surface area contributed by atoms with Gasteiger partial charge < -0.3 is 10.6 Å². The lowest BCUT2D eigenvalue weighted by atomic mass is 10.0. The molecule has 170 valence electrons. The number of likely N-dealkylation sites (tertiary alicyclic amines) is 1. The number of rotatable bonds is 8. The zero-order valence-corrected chi connectivity index (χ0v) is 18.7. The third-order valence-electron chi connectivity index (χ3n) is 5.80. The molecular formula is C24H32FN7. The molecule has 0 spiro atoms. The highest BCUT2D eigenvalue weighted by atomic mass is 19.1. The summed E-state index contributed by atoms with van der Waals surface area (Å²) in [7, 11) is 0. The Morgan fingerprint density at radius 2 is 1.94 bits per heavy atom. The second kappa shape index (κ2) is 11.0. The summed E-state index contributed by atoms with van der Waals surface area (Å²) in [5.41, 5.74) is 2.04. The quantitative estimate of drug-likeness (QED) is 0.322. The molecule has 1 aliphatic rings. The second-order valence-corrected chi connectivity index (χ2v) is 8.23. The lowest BCUT2D eigenvalue weighted by Crippen LogP contribution is -2.48. The number of hydrogen-bond donors (Lipinski definition) is 2. The number of hydrogen-bond acceptors (Lipinski definition) is 4. The maximum Gasteiger partial charge on any atom is 0.191 e. The molecule has 8 heteroatoms. The average Bonchev–Trinajstić information content (AvgIpc) is 3.23. The molecule has 0 atom stereocenters. The van der Waals surface area contributed by atoms with Gasteiger partial charge in [-0.25, -0.2) is 4.39 Å². The largest absolute Gasteiger partial charge is 0.357 e. The van der Waals surface area contributed by atoms with Crippen molar-refractivity contribution in [2.75, 3.05) is 26.2 Å². The molecule has 32 heavy (non-hydrogen) atoms. The molecule has 0 unspecified atom stereocenters. The molecule has 3 aromatic rings. The van der Waals surface area contributed by atoms with Crippen LogP contribution < -0.4 is 10.6 Å². The van der Waals surface area contributed by atoms with Crippen LogP contribution in [0.5, 0.6) is 0 Å². The number of fused-ring (bicyclic) bond motifs is 1. The van der Waals surface area contributed by atoms with Gasteiger partial charge in [0.25, 0.3) is 0 Å². The molecule has 0 bridgehead atoms. The van der Waals surface area contributed by atoms with E-state index in [1.54, 1.807) is 0 Å². The Balaban J connectivity index is 1.22. The van der Waals surface area contributed by atoms with Gasteiger partial charge in [-0.2, -0.15) is 0 Å². The third-order valence-corrected chi connectivity index (χ3v) is 5.80. The lowest BCUT2D eigenvalue weighted by Gasteiger charge is -2.33. The van der Waals surface area contributed by atoms with E-state index in [1.807, 2.05) is 40.9 Å². The molecule has 7 nitrogen and oxygen atoms in total. The standard InChI is InChI=1S/C24H32FN7/c1-2-26-24(27-14-5-7-23-30-29-22-6-3-4-15-32(22)23)28-21-12-16-31(17-13-21)18-19-8-10-20(25)11-9-19/h3-4,6,8-11,15,21H,2,5,7,12-14,16-18H2,1H3,(H2,26,27,28). The van der Waals surface area contributed by atoms with Gasteiger partial charge in [0.05, 0.1) is 0 Å². The van der Waals surface area contributed by atoms with Gasteiger partial charge in [-0.05, 0) is 56.0 Å². The molecule has 0 saturated carbocycles. The SMILES string of the molecule is CCNC(=NCCCc1nnc2ccccn12)NC1CCN(Cc2ccc(F)cc2)CC1. The van der Waals surface area contributed by atoms with Crippen LogP contribution in [0.1, 0.15) is 37.6 Å². The van der Waals surface area contributed by atoms with Crippen molar-refractivity contribution in [2.45, 2.75) is 45.2 Å². The Hall–Kier alpha value is -3.00. The first-order valence-electron chi connectivity index (χ1n) is 11.5. The average molecular weight is 438 g/mol. The van der Waals surface area contributed by atoms with Crippen LogP contribution in [-0.4, -0.2) is 57.7 Å². The number of pyridine rings is 1. The number of nitrogens with one attached hydrogen (secondary N) is 2. The molecule has 1 saturated heterocycles. The van der Waals surface area contributed by atoms with Crippen LogP contribution in [0.2, 0.25) is 0 Å². The zero-order chi connectivity index (χ0) is 22.2. The van der Waals surface area contributed by atoms with E-state index in [9.17, 15) is 4.39 Å². The predicted molar refractivity (Wildman–Crippen MR) is 125 cm³/mol. The number of piperidine rings is 1. The summed E-state index contributed by atoms with van der Waals surface area (Å²) >= 11 is 0. The molecule has 3 heterocycles. The fourth-order valence-corrected chi connectivity index (χ4v) is 4.09. The maximum atomic E-state index is 13.1. The highest BCUT2D eigenvalue weighted by molar-refractivity contribution is 5.80. The van der Waals surface area contributed by atoms with Crippen molar-refractivity contribution in [3.63, 3.8) is 0 Å². The van der Waals surface area contributed by atoms with Gasteiger partial charge >= 0.3 is 0 Å². The predicted octanol–water partition coefficient (Wildman–Crippen LogP) is 3.02. The summed E-state index contributed by atoms with van der Waals surface area (Å²) in [6.07, 6.45) is 5.90. The molecule has 1 fully saturated rings. The molecule has 2 aromatic heterocycles. The summed E-state index contributed by atoms with van der Waals surface area (Å²) in [4.78, 5) is 7.20. The van der Waals surface area contributed by atoms with Gasteiger partial charge in [-0.3, -0.25) is 14.3 Å². The first kappa shape index (κ1) is 22.2. The normalized spacial score (nSPS) is 15.9. The Morgan fingerprint density at radius 3 is 2.72 bits per heavy atom. The lowest BCUT2D eigenvalue weighted by molar-refractivity contribution is 0.198. The highest BCUT2D eigenvalue weighted by Gasteiger charge is 2.20. The Labute approximate surface area is 188 Å². The highest BCUT2D eigenvalue weighted by Crippen LogP contribution is 2.14. The summed E-state index contributed by atoms with van der Waals surface area (Å²) in [6, 6.07) is 13.2. The molecule has 2 N–H and O–H groups in total. The number of aryl methyl sites for hydroxylation is 1. The van der Waals surface area contributed by atoms with E-state index in [0.717, 1.165) is 81.4 Å². The minimum Gasteiger partial charge on any atom is -0.357 e. The van der Waals surface area contributed by atoms with Crippen LogP contribution in [0, 0.1) is 5.82 Å². The first-order chi connectivity index (χ1) is 15.7. The Bertz CT molecular complexity index is 1010. The monoisotopic (exact) mass is 437 g/mol. The minimum atomic E-state index is -0.179. The maximum absolute atomic E-state index is 13.1. The van der Waals surface area contributed by atoms with E-state index < -0.39 is 0 Å². The summed E-state index contributed by atoms with van der Waals surface area (Å²) in [5, 5.41) is 15.5. The molecular weight excluding hydrogens is 405 g/mol. The van der Waals surface area contributed by atoms with Crippen molar-refractivity contribution in [2.24, 2.45) is 4.99 Å². The molecule has 0 aliphatic carbocycles. The van der Waals surface area contributed by atoms with E-state index in [1.165, 1.54) is 12.1 Å². The van der Waals surface area contributed by atoms with E-state index >= 15 is 0 Å². The van der Waals surface area contributed by atoms with Crippen molar-refractivity contribution in [1.82, 2.24) is 30.1 Å². The summed E-state index contributed by atoms with van der Waals surface area (Å²) in [5.74, 6) is 1.68. The van der Waals surface area contributed by atoms with Gasteiger partial charge in [-0.1, -0.05) is 18.2 Å². The molecule has 1 aliphatic heterocycles. The summed E-state index contributed by atoms with van der Waals surface area (Å²) < 4.78 is 15.1. The van der Waals surface area contributed by atoms with Gasteiger partial charge in [0.15, 0.2) is 11.6 Å². The number of benzene rings is 1. The fourth-order valence-electron chi connectivity index (χ4n) is 4.09. The van der Waals surface area contributed by atoms with Crippen LogP contribution in [0.3, 0.4) is 0 Å². The van der Waals surface area contributed by atoms with Crippen molar-refractivity contribution in [3.8, 4) is 0 Å². The van der Waals surface area contributed by atoms with Gasteiger partial charge in [0, 0.05) is 51.4 Å². The Morgan fingerprint density at radius 1 is 1.12 bits per heavy atom. The van der Waals surface area contributed by atoms with Crippen LogP contribution in [-0.2, 0) is 13.0 Å². The second-order valence-electron chi connectivity index (χ2n) is 8.23. The topological polar surface area (TPSA) is 69.8 Å². The number of halogens is 1. The zero-order valence-electron chi connectivity index (χ0n) is 18.7. The van der Waals surface area contributed by atoms with E-state index in [4.69, 9.17) is 4.99 Å². The Kier molecular flexibility index (Phi) is 7.66. The number of aromatic nitrogens is 3. The van der Waals surface area contributed by atoms with Crippen LogP contribution in [0.25, 0.3) is 5.65 Å². The van der Waals surface area contributed by atoms with Crippen LogP contribution in [0.4, 0.5) is 4.39 Å². The van der Waals surface area contributed by atoms with E-state index in [0.29, 0.717) is 6.04 Å². The fraction of sp³-hybridized carbons (Fsp3) is 0.458. The molecule has 0 amide bonds. The van der Waals surface area contributed by atoms with Gasteiger partial charge in [0.1, 0.15) is 11.6 Å². The van der Waals surface area contributed by atoms with Gasteiger partial charge in [0.2, 0.25) is 0 Å².